The molecule has 0 saturated heterocycles. The van der Waals surface area contributed by atoms with E-state index in [4.69, 9.17) is 4.42 Å². The quantitative estimate of drug-likeness (QED) is 0.168. The lowest BCUT2D eigenvalue weighted by atomic mass is 9.98. The molecular weight excluding hydrogens is 725 g/mol. The second-order valence-corrected chi connectivity index (χ2v) is 15.9. The SMILES string of the molecule is c1ccc(-c2c3ccccc3n3c2sc2cccc(-c4ccc(N(c5ccc(-c6cccc7ccccc67)cc5)c5cccc6oc7ccccc7c56)cc4)c23)cc1. The predicted molar refractivity (Wildman–Crippen MR) is 246 cm³/mol. The number of anilines is 3. The summed E-state index contributed by atoms with van der Waals surface area (Å²) in [5.41, 5.74) is 14.8. The summed E-state index contributed by atoms with van der Waals surface area (Å²) < 4.78 is 10.2. The number of para-hydroxylation sites is 3. The fraction of sp³-hybridized carbons (Fsp3) is 0. The molecule has 0 fully saturated rings. The molecule has 0 bridgehead atoms. The molecule has 58 heavy (non-hydrogen) atoms. The van der Waals surface area contributed by atoms with Gasteiger partial charge in [0.25, 0.3) is 0 Å². The average molecular weight is 759 g/mol. The Hall–Kier alpha value is -7.40. The van der Waals surface area contributed by atoms with E-state index in [1.807, 2.05) is 17.4 Å². The molecule has 0 aliphatic rings. The smallest absolute Gasteiger partial charge is 0.137 e. The van der Waals surface area contributed by atoms with Gasteiger partial charge in [0.2, 0.25) is 0 Å². The number of aromatic nitrogens is 1. The summed E-state index contributed by atoms with van der Waals surface area (Å²) >= 11 is 1.87. The Kier molecular flexibility index (Phi) is 7.40. The van der Waals surface area contributed by atoms with Crippen molar-refractivity contribution in [1.82, 2.24) is 4.40 Å². The van der Waals surface area contributed by atoms with Gasteiger partial charge in [-0.1, -0.05) is 152 Å². The third-order valence-corrected chi connectivity index (χ3v) is 12.7. The summed E-state index contributed by atoms with van der Waals surface area (Å²) in [4.78, 5) is 3.64. The molecule has 0 saturated carbocycles. The highest BCUT2D eigenvalue weighted by atomic mass is 32.1. The summed E-state index contributed by atoms with van der Waals surface area (Å²) in [7, 11) is 0. The molecule has 9 aromatic carbocycles. The molecule has 0 N–H and O–H groups in total. The van der Waals surface area contributed by atoms with E-state index in [9.17, 15) is 0 Å². The zero-order chi connectivity index (χ0) is 38.2. The fourth-order valence-electron chi connectivity index (χ4n) is 9.02. The molecule has 0 spiro atoms. The molecule has 3 heterocycles. The zero-order valence-electron chi connectivity index (χ0n) is 31.3. The molecular formula is C54H34N2OS. The number of rotatable bonds is 6. The van der Waals surface area contributed by atoms with Crippen molar-refractivity contribution in [2.75, 3.05) is 4.90 Å². The van der Waals surface area contributed by atoms with Crippen LogP contribution in [0, 0.1) is 0 Å². The fourth-order valence-corrected chi connectivity index (χ4v) is 10.3. The van der Waals surface area contributed by atoms with Crippen molar-refractivity contribution >= 4 is 87.1 Å². The number of hydrogen-bond donors (Lipinski definition) is 0. The van der Waals surface area contributed by atoms with Crippen LogP contribution >= 0.6 is 11.3 Å². The first-order valence-electron chi connectivity index (χ1n) is 19.7. The molecule has 0 amide bonds. The van der Waals surface area contributed by atoms with Crippen LogP contribution in [0.2, 0.25) is 0 Å². The van der Waals surface area contributed by atoms with Crippen molar-refractivity contribution in [3.05, 3.63) is 206 Å². The average Bonchev–Trinajstić information content (AvgIpc) is 3.96. The van der Waals surface area contributed by atoms with Gasteiger partial charge in [-0.05, 0) is 87.6 Å². The zero-order valence-corrected chi connectivity index (χ0v) is 32.2. The van der Waals surface area contributed by atoms with Gasteiger partial charge in [-0.2, -0.15) is 0 Å². The Morgan fingerprint density at radius 2 is 1.03 bits per heavy atom. The minimum absolute atomic E-state index is 0.870. The molecule has 12 aromatic rings. The lowest BCUT2D eigenvalue weighted by Crippen LogP contribution is -2.10. The largest absolute Gasteiger partial charge is 0.456 e. The standard InChI is InChI=1S/C54H34N2OS/c1-2-14-38(15-3-1)51-44-18-6-8-22-46(44)56-53-43(21-11-26-50(53)58-54(51)56)37-29-33-40(34-30-37)55(47-23-12-25-49-52(47)45-19-7-9-24-48(45)57-49)39-31-27-36(28-32-39)42-20-10-16-35-13-4-5-17-41(35)42/h1-34H. The van der Waals surface area contributed by atoms with Gasteiger partial charge in [0.05, 0.1) is 26.8 Å². The minimum atomic E-state index is 0.870. The molecule has 3 aromatic heterocycles. The highest BCUT2D eigenvalue weighted by molar-refractivity contribution is 7.24. The van der Waals surface area contributed by atoms with Gasteiger partial charge >= 0.3 is 0 Å². The lowest BCUT2D eigenvalue weighted by Gasteiger charge is -2.26. The Bertz CT molecular complexity index is 3500. The van der Waals surface area contributed by atoms with E-state index in [1.165, 1.54) is 70.1 Å². The van der Waals surface area contributed by atoms with Gasteiger partial charge in [-0.15, -0.1) is 11.3 Å². The van der Waals surface area contributed by atoms with Crippen LogP contribution in [0.1, 0.15) is 0 Å². The van der Waals surface area contributed by atoms with Crippen LogP contribution in [0.25, 0.3) is 92.0 Å². The number of hydrogen-bond acceptors (Lipinski definition) is 3. The van der Waals surface area contributed by atoms with E-state index < -0.39 is 0 Å². The van der Waals surface area contributed by atoms with Crippen LogP contribution in [0.15, 0.2) is 211 Å². The van der Waals surface area contributed by atoms with Crippen LogP contribution in [-0.2, 0) is 0 Å². The number of thiazole rings is 1. The highest BCUT2D eigenvalue weighted by Gasteiger charge is 2.22. The van der Waals surface area contributed by atoms with Gasteiger partial charge in [-0.3, -0.25) is 4.40 Å². The van der Waals surface area contributed by atoms with Crippen molar-refractivity contribution in [2.24, 2.45) is 0 Å². The van der Waals surface area contributed by atoms with E-state index >= 15 is 0 Å². The Labute approximate surface area is 338 Å². The van der Waals surface area contributed by atoms with Gasteiger partial charge in [0, 0.05) is 33.3 Å². The Balaban J connectivity index is 1.03. The first kappa shape index (κ1) is 32.8. The maximum absolute atomic E-state index is 6.41. The third-order valence-electron chi connectivity index (χ3n) is 11.6. The van der Waals surface area contributed by atoms with Gasteiger partial charge in [0.1, 0.15) is 16.0 Å². The van der Waals surface area contributed by atoms with Crippen molar-refractivity contribution < 1.29 is 4.42 Å². The van der Waals surface area contributed by atoms with Gasteiger partial charge < -0.3 is 9.32 Å². The van der Waals surface area contributed by atoms with Crippen molar-refractivity contribution in [3.63, 3.8) is 0 Å². The maximum Gasteiger partial charge on any atom is 0.137 e. The summed E-state index contributed by atoms with van der Waals surface area (Å²) in [5.74, 6) is 0. The molecule has 272 valence electrons. The maximum atomic E-state index is 6.41. The normalized spacial score (nSPS) is 11.8. The number of nitrogens with zero attached hydrogens (tertiary/aromatic N) is 2. The molecule has 0 atom stereocenters. The first-order chi connectivity index (χ1) is 28.8. The van der Waals surface area contributed by atoms with Gasteiger partial charge in [-0.25, -0.2) is 0 Å². The van der Waals surface area contributed by atoms with E-state index in [0.717, 1.165) is 39.0 Å². The first-order valence-corrected chi connectivity index (χ1v) is 20.5. The van der Waals surface area contributed by atoms with Crippen molar-refractivity contribution in [2.45, 2.75) is 0 Å². The summed E-state index contributed by atoms with van der Waals surface area (Å²) in [5, 5.41) is 5.96. The third kappa shape index (κ3) is 5.05. The van der Waals surface area contributed by atoms with E-state index in [-0.39, 0.29) is 0 Å². The van der Waals surface area contributed by atoms with Crippen molar-refractivity contribution in [3.8, 4) is 33.4 Å². The van der Waals surface area contributed by atoms with Crippen molar-refractivity contribution in [1.29, 1.82) is 0 Å². The monoisotopic (exact) mass is 758 g/mol. The molecule has 0 unspecified atom stereocenters. The summed E-state index contributed by atoms with van der Waals surface area (Å²) in [6.45, 7) is 0. The van der Waals surface area contributed by atoms with E-state index in [0.29, 0.717) is 0 Å². The Morgan fingerprint density at radius 3 is 1.84 bits per heavy atom. The van der Waals surface area contributed by atoms with Gasteiger partial charge in [0.15, 0.2) is 0 Å². The minimum Gasteiger partial charge on any atom is -0.456 e. The van der Waals surface area contributed by atoms with Crippen LogP contribution < -0.4 is 4.90 Å². The predicted octanol–water partition coefficient (Wildman–Crippen LogP) is 15.8. The second kappa shape index (κ2) is 13.1. The number of benzene rings is 9. The summed E-state index contributed by atoms with van der Waals surface area (Å²) in [6.07, 6.45) is 0. The van der Waals surface area contributed by atoms with Crippen LogP contribution in [0.5, 0.6) is 0 Å². The summed E-state index contributed by atoms with van der Waals surface area (Å²) in [6, 6.07) is 74.3. The number of furan rings is 1. The molecule has 0 aliphatic carbocycles. The molecule has 0 aliphatic heterocycles. The molecule has 3 nitrogen and oxygen atoms in total. The second-order valence-electron chi connectivity index (χ2n) is 14.9. The number of fused-ring (bicyclic) bond motifs is 9. The Morgan fingerprint density at radius 1 is 0.431 bits per heavy atom. The molecule has 12 rings (SSSR count). The topological polar surface area (TPSA) is 20.8 Å². The van der Waals surface area contributed by atoms with Crippen LogP contribution in [-0.4, -0.2) is 4.40 Å². The van der Waals surface area contributed by atoms with E-state index in [2.05, 4.69) is 209 Å². The van der Waals surface area contributed by atoms with Crippen LogP contribution in [0.3, 0.4) is 0 Å². The van der Waals surface area contributed by atoms with Crippen LogP contribution in [0.4, 0.5) is 17.1 Å². The molecule has 4 heteroatoms. The highest BCUT2D eigenvalue weighted by Crippen LogP contribution is 2.46. The van der Waals surface area contributed by atoms with E-state index in [1.54, 1.807) is 0 Å². The molecule has 0 radical (unpaired) electrons. The lowest BCUT2D eigenvalue weighted by molar-refractivity contribution is 0.669.